The van der Waals surface area contributed by atoms with Crippen LogP contribution in [0.15, 0.2) is 0 Å². The number of nitrogens with one attached hydrogen (secondary N) is 1. The number of piperidine rings is 1. The lowest BCUT2D eigenvalue weighted by Crippen LogP contribution is -2.50. The van der Waals surface area contributed by atoms with Gasteiger partial charge in [-0.15, -0.1) is 0 Å². The van der Waals surface area contributed by atoms with Crippen LogP contribution in [0.4, 0.5) is 4.79 Å². The van der Waals surface area contributed by atoms with Gasteiger partial charge in [-0.05, 0) is 32.1 Å². The summed E-state index contributed by atoms with van der Waals surface area (Å²) in [6.07, 6.45) is 5.02. The van der Waals surface area contributed by atoms with E-state index in [4.69, 9.17) is 0 Å². The first-order chi connectivity index (χ1) is 12.7. The third-order valence-electron chi connectivity index (χ3n) is 6.63. The van der Waals surface area contributed by atoms with Crippen molar-refractivity contribution in [2.75, 3.05) is 65.4 Å². The summed E-state index contributed by atoms with van der Waals surface area (Å²) in [4.78, 5) is 34.0. The number of piperazine rings is 1. The molecular weight excluding hydrogens is 330 g/mol. The molecule has 0 saturated carbocycles. The number of rotatable bonds is 2. The van der Waals surface area contributed by atoms with Crippen molar-refractivity contribution in [2.45, 2.75) is 38.1 Å². The third kappa shape index (κ3) is 3.83. The van der Waals surface area contributed by atoms with Gasteiger partial charge in [0.2, 0.25) is 5.91 Å². The number of carbonyl (C=O) groups is 2. The largest absolute Gasteiger partial charge is 0.341 e. The van der Waals surface area contributed by atoms with Crippen LogP contribution in [0.25, 0.3) is 0 Å². The van der Waals surface area contributed by atoms with E-state index in [2.05, 4.69) is 15.1 Å². The fourth-order valence-corrected chi connectivity index (χ4v) is 4.97. The molecule has 1 N–H and O–H groups in total. The third-order valence-corrected chi connectivity index (χ3v) is 6.63. The molecule has 0 spiro atoms. The van der Waals surface area contributed by atoms with E-state index in [0.29, 0.717) is 11.9 Å². The highest BCUT2D eigenvalue weighted by molar-refractivity contribution is 5.80. The van der Waals surface area contributed by atoms with Crippen LogP contribution in [0.2, 0.25) is 0 Å². The molecule has 3 amide bonds. The molecule has 1 atom stereocenters. The van der Waals surface area contributed by atoms with Crippen molar-refractivity contribution in [1.82, 2.24) is 24.9 Å². The Morgan fingerprint density at radius 3 is 2.04 bits per heavy atom. The van der Waals surface area contributed by atoms with E-state index in [0.717, 1.165) is 97.6 Å². The van der Waals surface area contributed by atoms with Gasteiger partial charge in [0, 0.05) is 77.4 Å². The minimum Gasteiger partial charge on any atom is -0.341 e. The molecule has 0 bridgehead atoms. The van der Waals surface area contributed by atoms with Gasteiger partial charge >= 0.3 is 6.03 Å². The van der Waals surface area contributed by atoms with Crippen molar-refractivity contribution in [1.29, 1.82) is 0 Å². The number of nitrogens with zero attached hydrogens (tertiary/aromatic N) is 4. The number of hydrogen-bond donors (Lipinski definition) is 1. The monoisotopic (exact) mass is 363 g/mol. The highest BCUT2D eigenvalue weighted by atomic mass is 16.2. The highest BCUT2D eigenvalue weighted by Crippen LogP contribution is 2.25. The van der Waals surface area contributed by atoms with Gasteiger partial charge in [-0.2, -0.15) is 0 Å². The van der Waals surface area contributed by atoms with Gasteiger partial charge in [0.1, 0.15) is 0 Å². The Bertz CT molecular complexity index is 508. The number of hydrogen-bond acceptors (Lipinski definition) is 4. The van der Waals surface area contributed by atoms with Crippen LogP contribution in [-0.2, 0) is 4.79 Å². The Morgan fingerprint density at radius 2 is 1.35 bits per heavy atom. The van der Waals surface area contributed by atoms with Crippen LogP contribution in [0.3, 0.4) is 0 Å². The molecule has 4 aliphatic rings. The molecule has 4 fully saturated rings. The standard InChI is InChI=1S/C19H33N5O2/c25-18(24-12-5-17(15-24)21-13-6-20-7-14-21)16-3-10-23(11-4-16)19(26)22-8-1-2-9-22/h16-17,20H,1-15H2. The maximum Gasteiger partial charge on any atom is 0.319 e. The maximum atomic E-state index is 12.9. The quantitative estimate of drug-likeness (QED) is 0.773. The average Bonchev–Trinajstić information content (AvgIpc) is 3.40. The van der Waals surface area contributed by atoms with E-state index in [1.165, 1.54) is 0 Å². The van der Waals surface area contributed by atoms with Crippen LogP contribution >= 0.6 is 0 Å². The molecule has 7 nitrogen and oxygen atoms in total. The van der Waals surface area contributed by atoms with E-state index >= 15 is 0 Å². The van der Waals surface area contributed by atoms with Gasteiger partial charge in [0.15, 0.2) is 0 Å². The zero-order chi connectivity index (χ0) is 17.9. The van der Waals surface area contributed by atoms with Crippen LogP contribution in [0.5, 0.6) is 0 Å². The zero-order valence-corrected chi connectivity index (χ0v) is 15.9. The first-order valence-electron chi connectivity index (χ1n) is 10.5. The van der Waals surface area contributed by atoms with Crippen LogP contribution in [0, 0.1) is 5.92 Å². The van der Waals surface area contributed by atoms with Gasteiger partial charge in [-0.3, -0.25) is 9.69 Å². The van der Waals surface area contributed by atoms with E-state index in [1.807, 2.05) is 9.80 Å². The molecule has 26 heavy (non-hydrogen) atoms. The second kappa shape index (κ2) is 8.13. The molecule has 4 rings (SSSR count). The molecule has 4 saturated heterocycles. The van der Waals surface area contributed by atoms with Gasteiger partial charge in [-0.1, -0.05) is 0 Å². The average molecular weight is 364 g/mol. The van der Waals surface area contributed by atoms with Crippen molar-refractivity contribution in [2.24, 2.45) is 5.92 Å². The molecule has 0 radical (unpaired) electrons. The van der Waals surface area contributed by atoms with E-state index in [-0.39, 0.29) is 11.9 Å². The summed E-state index contributed by atoms with van der Waals surface area (Å²) in [7, 11) is 0. The minimum absolute atomic E-state index is 0.111. The van der Waals surface area contributed by atoms with Crippen LogP contribution in [0.1, 0.15) is 32.1 Å². The number of likely N-dealkylation sites (tertiary alicyclic amines) is 3. The Kier molecular flexibility index (Phi) is 5.64. The minimum atomic E-state index is 0.111. The SMILES string of the molecule is O=C(C1CCN(C(=O)N2CCCC2)CC1)N1CCC(N2CCNCC2)C1. The molecule has 1 unspecified atom stereocenters. The number of carbonyl (C=O) groups excluding carboxylic acids is 2. The summed E-state index contributed by atoms with van der Waals surface area (Å²) in [6.45, 7) is 9.40. The second-order valence-electron chi connectivity index (χ2n) is 8.25. The summed E-state index contributed by atoms with van der Waals surface area (Å²) >= 11 is 0. The predicted molar refractivity (Wildman–Crippen MR) is 99.9 cm³/mol. The lowest BCUT2D eigenvalue weighted by atomic mass is 9.95. The lowest BCUT2D eigenvalue weighted by Gasteiger charge is -2.36. The first-order valence-corrected chi connectivity index (χ1v) is 10.5. The normalized spacial score (nSPS) is 28.8. The molecule has 0 aromatic heterocycles. The van der Waals surface area contributed by atoms with Crippen LogP contribution < -0.4 is 5.32 Å². The van der Waals surface area contributed by atoms with Gasteiger partial charge in [-0.25, -0.2) is 4.79 Å². The number of amides is 3. The molecule has 0 aromatic rings. The van der Waals surface area contributed by atoms with Crippen molar-refractivity contribution in [3.63, 3.8) is 0 Å². The van der Waals surface area contributed by atoms with Gasteiger partial charge in [0.25, 0.3) is 0 Å². The summed E-state index contributed by atoms with van der Waals surface area (Å²) < 4.78 is 0. The Balaban J connectivity index is 1.24. The zero-order valence-electron chi connectivity index (χ0n) is 15.9. The van der Waals surface area contributed by atoms with Gasteiger partial charge < -0.3 is 20.0 Å². The van der Waals surface area contributed by atoms with E-state index in [1.54, 1.807) is 0 Å². The summed E-state index contributed by atoms with van der Waals surface area (Å²) in [5, 5.41) is 3.40. The second-order valence-corrected chi connectivity index (χ2v) is 8.25. The molecular formula is C19H33N5O2. The van der Waals surface area contributed by atoms with Crippen molar-refractivity contribution < 1.29 is 9.59 Å². The molecule has 7 heteroatoms. The molecule has 0 aromatic carbocycles. The molecule has 0 aliphatic carbocycles. The molecule has 4 aliphatic heterocycles. The van der Waals surface area contributed by atoms with Crippen LogP contribution in [-0.4, -0.2) is 103 Å². The number of urea groups is 1. The summed E-state index contributed by atoms with van der Waals surface area (Å²) in [6, 6.07) is 0.728. The maximum absolute atomic E-state index is 12.9. The van der Waals surface area contributed by atoms with Crippen molar-refractivity contribution >= 4 is 11.9 Å². The van der Waals surface area contributed by atoms with Crippen molar-refractivity contribution in [3.05, 3.63) is 0 Å². The highest BCUT2D eigenvalue weighted by Gasteiger charge is 2.36. The van der Waals surface area contributed by atoms with E-state index < -0.39 is 0 Å². The molecule has 146 valence electrons. The first kappa shape index (κ1) is 18.0. The summed E-state index contributed by atoms with van der Waals surface area (Å²) in [5.74, 6) is 0.440. The smallest absolute Gasteiger partial charge is 0.319 e. The topological polar surface area (TPSA) is 59.1 Å². The van der Waals surface area contributed by atoms with Crippen molar-refractivity contribution in [3.8, 4) is 0 Å². The Hall–Kier alpha value is -1.34. The van der Waals surface area contributed by atoms with E-state index in [9.17, 15) is 9.59 Å². The molecule has 4 heterocycles. The Morgan fingerprint density at radius 1 is 0.731 bits per heavy atom. The lowest BCUT2D eigenvalue weighted by molar-refractivity contribution is -0.136. The summed E-state index contributed by atoms with van der Waals surface area (Å²) in [5.41, 5.74) is 0. The fraction of sp³-hybridized carbons (Fsp3) is 0.895. The fourth-order valence-electron chi connectivity index (χ4n) is 4.97. The van der Waals surface area contributed by atoms with Gasteiger partial charge in [0.05, 0.1) is 0 Å². The predicted octanol–water partition coefficient (Wildman–Crippen LogP) is 0.420. The Labute approximate surface area is 156 Å².